The van der Waals surface area contributed by atoms with Crippen LogP contribution in [-0.2, 0) is 4.79 Å². The van der Waals surface area contributed by atoms with Gasteiger partial charge in [0.1, 0.15) is 0 Å². The average molecular weight is 314 g/mol. The highest BCUT2D eigenvalue weighted by atomic mass is 32.2. The zero-order chi connectivity index (χ0) is 16.1. The summed E-state index contributed by atoms with van der Waals surface area (Å²) in [7, 11) is 1.80. The molecule has 0 aromatic rings. The first kappa shape index (κ1) is 18.1. The number of carbonyl (C=O) groups is 1. The van der Waals surface area contributed by atoms with Gasteiger partial charge in [0, 0.05) is 43.7 Å². The Labute approximate surface area is 133 Å². The lowest BCUT2D eigenvalue weighted by molar-refractivity contribution is -0.128. The Kier molecular flexibility index (Phi) is 6.38. The summed E-state index contributed by atoms with van der Waals surface area (Å²) in [6.45, 7) is 13.6. The summed E-state index contributed by atoms with van der Waals surface area (Å²) >= 11 is 2.00. The van der Waals surface area contributed by atoms with E-state index in [1.165, 1.54) is 0 Å². The molecule has 0 radical (unpaired) electrons. The molecular formula is C15H30N4OS. The predicted octanol–water partition coefficient (Wildman–Crippen LogP) is 1.55. The fourth-order valence-corrected chi connectivity index (χ4v) is 3.42. The van der Waals surface area contributed by atoms with Crippen molar-refractivity contribution < 1.29 is 4.79 Å². The van der Waals surface area contributed by atoms with Gasteiger partial charge in [0.05, 0.1) is 5.41 Å². The van der Waals surface area contributed by atoms with E-state index in [0.29, 0.717) is 13.1 Å². The monoisotopic (exact) mass is 314 g/mol. The van der Waals surface area contributed by atoms with E-state index in [2.05, 4.69) is 34.4 Å². The molecule has 0 atom stereocenters. The molecule has 21 heavy (non-hydrogen) atoms. The lowest BCUT2D eigenvalue weighted by Crippen LogP contribution is -2.53. The lowest BCUT2D eigenvalue weighted by atomic mass is 9.92. The predicted molar refractivity (Wildman–Crippen MR) is 91.9 cm³/mol. The molecule has 1 amide bonds. The van der Waals surface area contributed by atoms with Gasteiger partial charge in [-0.3, -0.25) is 9.79 Å². The first-order valence-corrected chi connectivity index (χ1v) is 8.58. The van der Waals surface area contributed by atoms with Gasteiger partial charge < -0.3 is 15.5 Å². The van der Waals surface area contributed by atoms with E-state index in [1.807, 2.05) is 32.5 Å². The van der Waals surface area contributed by atoms with Crippen LogP contribution in [-0.4, -0.2) is 60.5 Å². The molecular weight excluding hydrogens is 284 g/mol. The fourth-order valence-electron chi connectivity index (χ4n) is 2.31. The highest BCUT2D eigenvalue weighted by molar-refractivity contribution is 8.00. The number of thioether (sulfide) groups is 1. The quantitative estimate of drug-likeness (QED) is 0.611. The van der Waals surface area contributed by atoms with E-state index < -0.39 is 5.41 Å². The van der Waals surface area contributed by atoms with Gasteiger partial charge in [-0.25, -0.2) is 0 Å². The first-order chi connectivity index (χ1) is 9.72. The van der Waals surface area contributed by atoms with E-state index in [1.54, 1.807) is 7.05 Å². The lowest BCUT2D eigenvalue weighted by Gasteiger charge is -2.39. The van der Waals surface area contributed by atoms with Gasteiger partial charge in [0.15, 0.2) is 5.96 Å². The Morgan fingerprint density at radius 2 is 2.05 bits per heavy atom. The second-order valence-electron chi connectivity index (χ2n) is 6.67. The molecule has 0 aliphatic carbocycles. The normalized spacial score (nSPS) is 19.3. The molecule has 1 rings (SSSR count). The summed E-state index contributed by atoms with van der Waals surface area (Å²) in [4.78, 5) is 18.7. The van der Waals surface area contributed by atoms with Crippen LogP contribution < -0.4 is 10.6 Å². The zero-order valence-electron chi connectivity index (χ0n) is 14.2. The molecule has 5 nitrogen and oxygen atoms in total. The van der Waals surface area contributed by atoms with Crippen molar-refractivity contribution >= 4 is 23.6 Å². The van der Waals surface area contributed by atoms with Crippen LogP contribution in [0.3, 0.4) is 0 Å². The molecule has 6 heteroatoms. The minimum absolute atomic E-state index is 0.0717. The number of rotatable bonds is 4. The Bertz CT molecular complexity index is 393. The maximum Gasteiger partial charge on any atom is 0.227 e. The second-order valence-corrected chi connectivity index (χ2v) is 8.48. The number of amides is 1. The van der Waals surface area contributed by atoms with Gasteiger partial charge >= 0.3 is 0 Å². The number of guanidine groups is 1. The first-order valence-electron chi connectivity index (χ1n) is 7.60. The number of nitrogens with zero attached hydrogens (tertiary/aromatic N) is 2. The molecule has 0 unspecified atom stereocenters. The van der Waals surface area contributed by atoms with E-state index in [-0.39, 0.29) is 10.7 Å². The largest absolute Gasteiger partial charge is 0.356 e. The maximum atomic E-state index is 12.0. The summed E-state index contributed by atoms with van der Waals surface area (Å²) < 4.78 is 0.241. The van der Waals surface area contributed by atoms with Gasteiger partial charge in [0.2, 0.25) is 5.91 Å². The second kappa shape index (κ2) is 7.38. The van der Waals surface area contributed by atoms with Crippen LogP contribution in [0.1, 0.15) is 34.6 Å². The van der Waals surface area contributed by atoms with Gasteiger partial charge in [-0.15, -0.1) is 0 Å². The average Bonchev–Trinajstić information content (AvgIpc) is 2.38. The molecule has 0 bridgehead atoms. The molecule has 1 heterocycles. The number of carbonyl (C=O) groups excluding carboxylic acids is 1. The standard InChI is InChI=1S/C15H30N4OS/c1-7-17-12(20)14(2,3)10-18-13(16-6)19-8-9-21-15(4,5)11-19/h7-11H2,1-6H3,(H,16,18)(H,17,20). The highest BCUT2D eigenvalue weighted by Crippen LogP contribution is 2.29. The third-order valence-electron chi connectivity index (χ3n) is 3.58. The Morgan fingerprint density at radius 1 is 1.38 bits per heavy atom. The van der Waals surface area contributed by atoms with Crippen LogP contribution in [0, 0.1) is 5.41 Å². The molecule has 0 aromatic heterocycles. The van der Waals surface area contributed by atoms with Crippen LogP contribution in [0.2, 0.25) is 0 Å². The molecule has 0 saturated carbocycles. The molecule has 2 N–H and O–H groups in total. The highest BCUT2D eigenvalue weighted by Gasteiger charge is 2.31. The third kappa shape index (κ3) is 5.41. The molecule has 1 saturated heterocycles. The summed E-state index contributed by atoms with van der Waals surface area (Å²) in [5.41, 5.74) is -0.452. The number of nitrogens with one attached hydrogen (secondary N) is 2. The summed E-state index contributed by atoms with van der Waals surface area (Å²) in [5, 5.41) is 6.25. The molecule has 1 fully saturated rings. The molecule has 1 aliphatic rings. The van der Waals surface area contributed by atoms with Crippen LogP contribution in [0.4, 0.5) is 0 Å². The van der Waals surface area contributed by atoms with E-state index in [0.717, 1.165) is 24.8 Å². The third-order valence-corrected chi connectivity index (χ3v) is 4.87. The summed E-state index contributed by atoms with van der Waals surface area (Å²) in [6.07, 6.45) is 0. The number of hydrogen-bond donors (Lipinski definition) is 2. The smallest absolute Gasteiger partial charge is 0.227 e. The van der Waals surface area contributed by atoms with Crippen LogP contribution in [0.15, 0.2) is 4.99 Å². The van der Waals surface area contributed by atoms with Gasteiger partial charge in [-0.2, -0.15) is 11.8 Å². The van der Waals surface area contributed by atoms with Crippen LogP contribution in [0.25, 0.3) is 0 Å². The van der Waals surface area contributed by atoms with Crippen molar-refractivity contribution in [2.24, 2.45) is 10.4 Å². The number of hydrogen-bond acceptors (Lipinski definition) is 3. The van der Waals surface area contributed by atoms with Crippen molar-refractivity contribution in [1.82, 2.24) is 15.5 Å². The molecule has 0 spiro atoms. The molecule has 1 aliphatic heterocycles. The van der Waals surface area contributed by atoms with E-state index in [9.17, 15) is 4.79 Å². The molecule has 0 aromatic carbocycles. The Hall–Kier alpha value is -0.910. The fraction of sp³-hybridized carbons (Fsp3) is 0.867. The molecule has 122 valence electrons. The SMILES string of the molecule is CCNC(=O)C(C)(C)CNC(=NC)N1CCSC(C)(C)C1. The Morgan fingerprint density at radius 3 is 2.57 bits per heavy atom. The summed E-state index contributed by atoms with van der Waals surface area (Å²) in [5.74, 6) is 2.07. The van der Waals surface area contributed by atoms with Crippen molar-refractivity contribution in [2.75, 3.05) is 39.0 Å². The van der Waals surface area contributed by atoms with Gasteiger partial charge in [-0.1, -0.05) is 0 Å². The van der Waals surface area contributed by atoms with Crippen molar-refractivity contribution in [3.8, 4) is 0 Å². The number of aliphatic imine (C=N–C) groups is 1. The van der Waals surface area contributed by atoms with Gasteiger partial charge in [0.25, 0.3) is 0 Å². The van der Waals surface area contributed by atoms with Crippen LogP contribution >= 0.6 is 11.8 Å². The van der Waals surface area contributed by atoms with Crippen molar-refractivity contribution in [1.29, 1.82) is 0 Å². The minimum atomic E-state index is -0.452. The topological polar surface area (TPSA) is 56.7 Å². The maximum absolute atomic E-state index is 12.0. The van der Waals surface area contributed by atoms with Crippen LogP contribution in [0.5, 0.6) is 0 Å². The van der Waals surface area contributed by atoms with E-state index in [4.69, 9.17) is 0 Å². The van der Waals surface area contributed by atoms with Crippen molar-refractivity contribution in [2.45, 2.75) is 39.4 Å². The Balaban J connectivity index is 2.61. The van der Waals surface area contributed by atoms with Gasteiger partial charge in [-0.05, 0) is 34.6 Å². The van der Waals surface area contributed by atoms with Crippen molar-refractivity contribution in [3.05, 3.63) is 0 Å². The minimum Gasteiger partial charge on any atom is -0.356 e. The van der Waals surface area contributed by atoms with E-state index >= 15 is 0 Å². The van der Waals surface area contributed by atoms with Crippen molar-refractivity contribution in [3.63, 3.8) is 0 Å². The summed E-state index contributed by atoms with van der Waals surface area (Å²) in [6, 6.07) is 0. The zero-order valence-corrected chi connectivity index (χ0v) is 15.1.